The van der Waals surface area contributed by atoms with E-state index in [0.29, 0.717) is 24.7 Å². The van der Waals surface area contributed by atoms with Crippen LogP contribution in [0.5, 0.6) is 0 Å². The maximum Gasteiger partial charge on any atom is 0.317 e. The quantitative estimate of drug-likeness (QED) is 0.922. The summed E-state index contributed by atoms with van der Waals surface area (Å²) in [5.74, 6) is -0.238. The Morgan fingerprint density at radius 1 is 1.08 bits per heavy atom. The Bertz CT molecular complexity index is 700. The van der Waals surface area contributed by atoms with Crippen molar-refractivity contribution in [2.24, 2.45) is 0 Å². The van der Waals surface area contributed by atoms with E-state index in [4.69, 9.17) is 11.6 Å². The number of hydrogen-bond acceptors (Lipinski definition) is 2. The van der Waals surface area contributed by atoms with Crippen LogP contribution in [-0.4, -0.2) is 37.1 Å². The predicted molar refractivity (Wildman–Crippen MR) is 93.9 cm³/mol. The Morgan fingerprint density at radius 2 is 1.79 bits per heavy atom. The average molecular weight is 348 g/mol. The third kappa shape index (κ3) is 4.17. The Hall–Kier alpha value is -2.27. The molecule has 1 fully saturated rings. The standard InChI is InChI=1S/C18H19ClFN3O/c19-15-3-1-2-14(12-15)13-21-18(24)23-10-8-22(9-11-23)17-6-4-16(20)5-7-17/h1-7,12H,8-11,13H2,(H,21,24). The molecular weight excluding hydrogens is 329 g/mol. The van der Waals surface area contributed by atoms with Crippen LogP contribution in [0.2, 0.25) is 5.02 Å². The van der Waals surface area contributed by atoms with Crippen molar-refractivity contribution in [3.8, 4) is 0 Å². The van der Waals surface area contributed by atoms with Gasteiger partial charge >= 0.3 is 6.03 Å². The Kier molecular flexibility index (Phi) is 5.20. The SMILES string of the molecule is O=C(NCc1cccc(Cl)c1)N1CCN(c2ccc(F)cc2)CC1. The third-order valence-corrected chi connectivity index (χ3v) is 4.33. The van der Waals surface area contributed by atoms with Gasteiger partial charge in [-0.15, -0.1) is 0 Å². The smallest absolute Gasteiger partial charge is 0.317 e. The number of nitrogens with one attached hydrogen (secondary N) is 1. The number of amides is 2. The van der Waals surface area contributed by atoms with Gasteiger partial charge in [0.25, 0.3) is 0 Å². The van der Waals surface area contributed by atoms with Gasteiger partial charge in [0.1, 0.15) is 5.82 Å². The van der Waals surface area contributed by atoms with Crippen molar-refractivity contribution >= 4 is 23.3 Å². The van der Waals surface area contributed by atoms with Gasteiger partial charge in [-0.05, 0) is 42.0 Å². The summed E-state index contributed by atoms with van der Waals surface area (Å²) in [7, 11) is 0. The van der Waals surface area contributed by atoms with E-state index in [0.717, 1.165) is 24.3 Å². The molecule has 4 nitrogen and oxygen atoms in total. The summed E-state index contributed by atoms with van der Waals surface area (Å²) in [6, 6.07) is 13.8. The lowest BCUT2D eigenvalue weighted by atomic mass is 10.2. The van der Waals surface area contributed by atoms with Crippen molar-refractivity contribution in [1.29, 1.82) is 0 Å². The molecule has 0 spiro atoms. The summed E-state index contributed by atoms with van der Waals surface area (Å²) in [5, 5.41) is 3.58. The van der Waals surface area contributed by atoms with E-state index >= 15 is 0 Å². The number of hydrogen-bond donors (Lipinski definition) is 1. The van der Waals surface area contributed by atoms with Crippen LogP contribution in [0.3, 0.4) is 0 Å². The number of nitrogens with zero attached hydrogens (tertiary/aromatic N) is 2. The van der Waals surface area contributed by atoms with Crippen molar-refractivity contribution in [2.75, 3.05) is 31.1 Å². The highest BCUT2D eigenvalue weighted by Crippen LogP contribution is 2.17. The normalized spacial score (nSPS) is 14.6. The minimum absolute atomic E-state index is 0.0752. The number of halogens is 2. The third-order valence-electron chi connectivity index (χ3n) is 4.09. The second-order valence-corrected chi connectivity index (χ2v) is 6.18. The number of rotatable bonds is 3. The number of urea groups is 1. The van der Waals surface area contributed by atoms with Gasteiger partial charge in [-0.25, -0.2) is 9.18 Å². The average Bonchev–Trinajstić information content (AvgIpc) is 2.61. The number of carbonyl (C=O) groups is 1. The summed E-state index contributed by atoms with van der Waals surface area (Å²) in [6.07, 6.45) is 0. The maximum absolute atomic E-state index is 13.0. The van der Waals surface area contributed by atoms with Crippen LogP contribution >= 0.6 is 11.6 Å². The maximum atomic E-state index is 13.0. The molecule has 0 radical (unpaired) electrons. The molecule has 1 aliphatic rings. The highest BCUT2D eigenvalue weighted by Gasteiger charge is 2.21. The Balaban J connectivity index is 1.49. The largest absolute Gasteiger partial charge is 0.368 e. The van der Waals surface area contributed by atoms with E-state index < -0.39 is 0 Å². The molecule has 1 heterocycles. The summed E-state index contributed by atoms with van der Waals surface area (Å²) in [4.78, 5) is 16.2. The molecule has 126 valence electrons. The first-order valence-corrected chi connectivity index (χ1v) is 8.27. The molecule has 2 amide bonds. The number of carbonyl (C=O) groups excluding carboxylic acids is 1. The Labute approximate surface area is 145 Å². The second-order valence-electron chi connectivity index (χ2n) is 5.74. The summed E-state index contributed by atoms with van der Waals surface area (Å²) < 4.78 is 13.0. The highest BCUT2D eigenvalue weighted by molar-refractivity contribution is 6.30. The zero-order valence-corrected chi connectivity index (χ0v) is 14.0. The fourth-order valence-corrected chi connectivity index (χ4v) is 2.97. The lowest BCUT2D eigenvalue weighted by Gasteiger charge is -2.36. The van der Waals surface area contributed by atoms with E-state index in [2.05, 4.69) is 10.2 Å². The monoisotopic (exact) mass is 347 g/mol. The number of piperazine rings is 1. The molecular formula is C18H19ClFN3O. The fourth-order valence-electron chi connectivity index (χ4n) is 2.76. The molecule has 3 rings (SSSR count). The zero-order chi connectivity index (χ0) is 16.9. The summed E-state index contributed by atoms with van der Waals surface area (Å²) >= 11 is 5.94. The van der Waals surface area contributed by atoms with Crippen molar-refractivity contribution in [3.63, 3.8) is 0 Å². The fraction of sp³-hybridized carbons (Fsp3) is 0.278. The summed E-state index contributed by atoms with van der Waals surface area (Å²) in [6.45, 7) is 3.20. The molecule has 0 aromatic heterocycles. The molecule has 0 unspecified atom stereocenters. The van der Waals surface area contributed by atoms with Crippen molar-refractivity contribution < 1.29 is 9.18 Å². The molecule has 6 heteroatoms. The first-order valence-electron chi connectivity index (χ1n) is 7.89. The van der Waals surface area contributed by atoms with Crippen LogP contribution in [0.4, 0.5) is 14.9 Å². The van der Waals surface area contributed by atoms with Gasteiger partial charge in [0.15, 0.2) is 0 Å². The highest BCUT2D eigenvalue weighted by atomic mass is 35.5. The van der Waals surface area contributed by atoms with Gasteiger partial charge in [-0.3, -0.25) is 0 Å². The lowest BCUT2D eigenvalue weighted by Crippen LogP contribution is -2.51. The minimum Gasteiger partial charge on any atom is -0.368 e. The van der Waals surface area contributed by atoms with Crippen LogP contribution < -0.4 is 10.2 Å². The number of benzene rings is 2. The molecule has 1 saturated heterocycles. The van der Waals surface area contributed by atoms with Crippen LogP contribution in [0, 0.1) is 5.82 Å². The minimum atomic E-state index is -0.238. The molecule has 1 N–H and O–H groups in total. The van der Waals surface area contributed by atoms with Crippen molar-refractivity contribution in [3.05, 3.63) is 64.9 Å². The predicted octanol–water partition coefficient (Wildman–Crippen LogP) is 3.51. The molecule has 2 aromatic carbocycles. The van der Waals surface area contributed by atoms with Gasteiger partial charge in [-0.2, -0.15) is 0 Å². The van der Waals surface area contributed by atoms with Gasteiger partial charge in [0.2, 0.25) is 0 Å². The molecule has 0 atom stereocenters. The summed E-state index contributed by atoms with van der Waals surface area (Å²) in [5.41, 5.74) is 1.95. The van der Waals surface area contributed by atoms with E-state index in [1.54, 1.807) is 17.0 Å². The van der Waals surface area contributed by atoms with Crippen LogP contribution in [-0.2, 0) is 6.54 Å². The van der Waals surface area contributed by atoms with Gasteiger partial charge in [0, 0.05) is 43.4 Å². The lowest BCUT2D eigenvalue weighted by molar-refractivity contribution is 0.194. The number of anilines is 1. The molecule has 0 aliphatic carbocycles. The molecule has 2 aromatic rings. The van der Waals surface area contributed by atoms with Gasteiger partial charge in [-0.1, -0.05) is 23.7 Å². The van der Waals surface area contributed by atoms with E-state index in [1.165, 1.54) is 12.1 Å². The van der Waals surface area contributed by atoms with E-state index in [9.17, 15) is 9.18 Å². The first kappa shape index (κ1) is 16.6. The van der Waals surface area contributed by atoms with Gasteiger partial charge < -0.3 is 15.1 Å². The van der Waals surface area contributed by atoms with E-state index in [-0.39, 0.29) is 11.8 Å². The first-order chi connectivity index (χ1) is 11.6. The van der Waals surface area contributed by atoms with Crippen LogP contribution in [0.15, 0.2) is 48.5 Å². The molecule has 0 bridgehead atoms. The van der Waals surface area contributed by atoms with Crippen LogP contribution in [0.1, 0.15) is 5.56 Å². The molecule has 1 aliphatic heterocycles. The second kappa shape index (κ2) is 7.53. The van der Waals surface area contributed by atoms with Crippen molar-refractivity contribution in [2.45, 2.75) is 6.54 Å². The topological polar surface area (TPSA) is 35.6 Å². The molecule has 0 saturated carbocycles. The zero-order valence-electron chi connectivity index (χ0n) is 13.2. The van der Waals surface area contributed by atoms with Gasteiger partial charge in [0.05, 0.1) is 0 Å². The Morgan fingerprint density at radius 3 is 2.46 bits per heavy atom. The van der Waals surface area contributed by atoms with Crippen LogP contribution in [0.25, 0.3) is 0 Å². The van der Waals surface area contributed by atoms with Crippen molar-refractivity contribution in [1.82, 2.24) is 10.2 Å². The molecule has 24 heavy (non-hydrogen) atoms. The van der Waals surface area contributed by atoms with E-state index in [1.807, 2.05) is 24.3 Å².